The molecule has 1 amide bonds. The summed E-state index contributed by atoms with van der Waals surface area (Å²) in [6.45, 7) is 9.70. The molecule has 0 atom stereocenters. The lowest BCUT2D eigenvalue weighted by molar-refractivity contribution is 0.0933. The van der Waals surface area contributed by atoms with Gasteiger partial charge in [-0.25, -0.2) is 0 Å². The highest BCUT2D eigenvalue weighted by molar-refractivity contribution is 5.95. The standard InChI is InChI=1S/C16H26N2O/c1-12-6-7-14(13(2)10-12)15(19)18-11-16(3,4)8-5-9-17/h6-7,10H,5,8-9,11,17H2,1-4H3,(H,18,19). The summed E-state index contributed by atoms with van der Waals surface area (Å²) < 4.78 is 0. The number of aryl methyl sites for hydroxylation is 2. The fourth-order valence-electron chi connectivity index (χ4n) is 2.15. The van der Waals surface area contributed by atoms with E-state index in [1.165, 1.54) is 5.56 Å². The van der Waals surface area contributed by atoms with Gasteiger partial charge in [0.25, 0.3) is 5.91 Å². The molecule has 0 aliphatic heterocycles. The van der Waals surface area contributed by atoms with Crippen LogP contribution in [-0.4, -0.2) is 19.0 Å². The van der Waals surface area contributed by atoms with Gasteiger partial charge in [0.15, 0.2) is 0 Å². The molecule has 0 bridgehead atoms. The Labute approximate surface area is 116 Å². The Bertz CT molecular complexity index is 438. The zero-order valence-corrected chi connectivity index (χ0v) is 12.5. The van der Waals surface area contributed by atoms with Gasteiger partial charge in [-0.1, -0.05) is 31.5 Å². The van der Waals surface area contributed by atoms with E-state index in [4.69, 9.17) is 5.73 Å². The van der Waals surface area contributed by atoms with Gasteiger partial charge in [0.2, 0.25) is 0 Å². The van der Waals surface area contributed by atoms with Gasteiger partial charge in [-0.05, 0) is 50.3 Å². The summed E-state index contributed by atoms with van der Waals surface area (Å²) in [5.74, 6) is 0.0123. The maximum Gasteiger partial charge on any atom is 0.251 e. The SMILES string of the molecule is Cc1ccc(C(=O)NCC(C)(C)CCCN)c(C)c1. The fourth-order valence-corrected chi connectivity index (χ4v) is 2.15. The van der Waals surface area contributed by atoms with E-state index in [9.17, 15) is 4.79 Å². The molecule has 0 fully saturated rings. The van der Waals surface area contributed by atoms with Crippen molar-refractivity contribution in [2.45, 2.75) is 40.5 Å². The summed E-state index contributed by atoms with van der Waals surface area (Å²) in [7, 11) is 0. The topological polar surface area (TPSA) is 55.1 Å². The number of rotatable bonds is 6. The number of hydrogen-bond donors (Lipinski definition) is 2. The van der Waals surface area contributed by atoms with Crippen LogP contribution in [-0.2, 0) is 0 Å². The van der Waals surface area contributed by atoms with Crippen molar-refractivity contribution in [3.8, 4) is 0 Å². The highest BCUT2D eigenvalue weighted by Crippen LogP contribution is 2.21. The molecule has 0 unspecified atom stereocenters. The molecule has 1 aromatic carbocycles. The van der Waals surface area contributed by atoms with Crippen LogP contribution < -0.4 is 11.1 Å². The van der Waals surface area contributed by atoms with Crippen LogP contribution in [0.15, 0.2) is 18.2 Å². The normalized spacial score (nSPS) is 11.4. The van der Waals surface area contributed by atoms with Crippen LogP contribution in [0.25, 0.3) is 0 Å². The van der Waals surface area contributed by atoms with E-state index in [1.807, 2.05) is 32.0 Å². The molecule has 0 saturated carbocycles. The summed E-state index contributed by atoms with van der Waals surface area (Å²) >= 11 is 0. The first-order chi connectivity index (χ1) is 8.85. The van der Waals surface area contributed by atoms with E-state index in [2.05, 4.69) is 19.2 Å². The number of benzene rings is 1. The molecule has 0 spiro atoms. The van der Waals surface area contributed by atoms with Gasteiger partial charge in [0.05, 0.1) is 0 Å². The van der Waals surface area contributed by atoms with Crippen molar-refractivity contribution in [3.05, 3.63) is 34.9 Å². The van der Waals surface area contributed by atoms with Crippen LogP contribution in [0.2, 0.25) is 0 Å². The predicted octanol–water partition coefficient (Wildman–Crippen LogP) is 2.80. The van der Waals surface area contributed by atoms with Gasteiger partial charge < -0.3 is 11.1 Å². The van der Waals surface area contributed by atoms with Crippen molar-refractivity contribution < 1.29 is 4.79 Å². The van der Waals surface area contributed by atoms with Gasteiger partial charge >= 0.3 is 0 Å². The predicted molar refractivity (Wildman–Crippen MR) is 80.3 cm³/mol. The zero-order valence-electron chi connectivity index (χ0n) is 12.5. The minimum atomic E-state index is 0.0123. The summed E-state index contributed by atoms with van der Waals surface area (Å²) in [6, 6.07) is 5.91. The lowest BCUT2D eigenvalue weighted by atomic mass is 9.87. The monoisotopic (exact) mass is 262 g/mol. The summed E-state index contributed by atoms with van der Waals surface area (Å²) in [5.41, 5.74) is 8.59. The van der Waals surface area contributed by atoms with Crippen LogP contribution in [0, 0.1) is 19.3 Å². The van der Waals surface area contributed by atoms with Crippen molar-refractivity contribution in [1.82, 2.24) is 5.32 Å². The van der Waals surface area contributed by atoms with E-state index in [0.717, 1.165) is 24.0 Å². The van der Waals surface area contributed by atoms with Gasteiger partial charge in [-0.15, -0.1) is 0 Å². The molecule has 0 saturated heterocycles. The van der Waals surface area contributed by atoms with Crippen LogP contribution in [0.5, 0.6) is 0 Å². The first-order valence-electron chi connectivity index (χ1n) is 6.91. The molecule has 0 aromatic heterocycles. The minimum Gasteiger partial charge on any atom is -0.351 e. The van der Waals surface area contributed by atoms with Gasteiger partial charge in [-0.3, -0.25) is 4.79 Å². The average molecular weight is 262 g/mol. The molecule has 1 aromatic rings. The van der Waals surface area contributed by atoms with Crippen LogP contribution in [0.1, 0.15) is 48.2 Å². The summed E-state index contributed by atoms with van der Waals surface area (Å²) in [4.78, 5) is 12.2. The summed E-state index contributed by atoms with van der Waals surface area (Å²) in [5, 5.41) is 3.03. The molecule has 3 N–H and O–H groups in total. The second-order valence-corrected chi connectivity index (χ2v) is 6.06. The third kappa shape index (κ3) is 5.03. The first kappa shape index (κ1) is 15.7. The zero-order chi connectivity index (χ0) is 14.5. The van der Waals surface area contributed by atoms with Gasteiger partial charge in [0, 0.05) is 12.1 Å². The highest BCUT2D eigenvalue weighted by atomic mass is 16.1. The third-order valence-electron chi connectivity index (χ3n) is 3.41. The molecule has 106 valence electrons. The Kier molecular flexibility index (Phi) is 5.55. The number of nitrogens with two attached hydrogens (primary N) is 1. The third-order valence-corrected chi connectivity index (χ3v) is 3.41. The Hall–Kier alpha value is -1.35. The molecule has 3 heteroatoms. The summed E-state index contributed by atoms with van der Waals surface area (Å²) in [6.07, 6.45) is 2.02. The van der Waals surface area contributed by atoms with Crippen molar-refractivity contribution >= 4 is 5.91 Å². The second kappa shape index (κ2) is 6.71. The van der Waals surface area contributed by atoms with Gasteiger partial charge in [-0.2, -0.15) is 0 Å². The number of carbonyl (C=O) groups is 1. The highest BCUT2D eigenvalue weighted by Gasteiger charge is 2.19. The molecule has 0 aliphatic rings. The molecule has 3 nitrogen and oxygen atoms in total. The molecular weight excluding hydrogens is 236 g/mol. The molecule has 0 radical (unpaired) electrons. The van der Waals surface area contributed by atoms with Crippen molar-refractivity contribution in [1.29, 1.82) is 0 Å². The van der Waals surface area contributed by atoms with Crippen LogP contribution >= 0.6 is 0 Å². The largest absolute Gasteiger partial charge is 0.351 e. The Morgan fingerprint density at radius 1 is 1.32 bits per heavy atom. The Morgan fingerprint density at radius 2 is 2.00 bits per heavy atom. The molecule has 19 heavy (non-hydrogen) atoms. The minimum absolute atomic E-state index is 0.0123. The van der Waals surface area contributed by atoms with E-state index < -0.39 is 0 Å². The van der Waals surface area contributed by atoms with E-state index in [0.29, 0.717) is 13.1 Å². The van der Waals surface area contributed by atoms with Crippen molar-refractivity contribution in [3.63, 3.8) is 0 Å². The molecular formula is C16H26N2O. The van der Waals surface area contributed by atoms with E-state index >= 15 is 0 Å². The fraction of sp³-hybridized carbons (Fsp3) is 0.562. The lowest BCUT2D eigenvalue weighted by Gasteiger charge is -2.25. The number of amides is 1. The quantitative estimate of drug-likeness (QED) is 0.828. The van der Waals surface area contributed by atoms with Crippen LogP contribution in [0.3, 0.4) is 0 Å². The van der Waals surface area contributed by atoms with E-state index in [-0.39, 0.29) is 11.3 Å². The Balaban J connectivity index is 2.60. The average Bonchev–Trinajstić information content (AvgIpc) is 2.34. The smallest absolute Gasteiger partial charge is 0.251 e. The molecule has 0 heterocycles. The van der Waals surface area contributed by atoms with Crippen molar-refractivity contribution in [2.75, 3.05) is 13.1 Å². The lowest BCUT2D eigenvalue weighted by Crippen LogP contribution is -2.34. The van der Waals surface area contributed by atoms with Crippen molar-refractivity contribution in [2.24, 2.45) is 11.1 Å². The van der Waals surface area contributed by atoms with Crippen LogP contribution in [0.4, 0.5) is 0 Å². The maximum absolute atomic E-state index is 12.2. The second-order valence-electron chi connectivity index (χ2n) is 6.06. The maximum atomic E-state index is 12.2. The number of nitrogens with one attached hydrogen (secondary N) is 1. The molecule has 1 rings (SSSR count). The molecule has 0 aliphatic carbocycles. The van der Waals surface area contributed by atoms with E-state index in [1.54, 1.807) is 0 Å². The number of hydrogen-bond acceptors (Lipinski definition) is 2. The number of carbonyl (C=O) groups excluding carboxylic acids is 1. The first-order valence-corrected chi connectivity index (χ1v) is 6.91. The Morgan fingerprint density at radius 3 is 2.58 bits per heavy atom. The van der Waals surface area contributed by atoms with Gasteiger partial charge in [0.1, 0.15) is 0 Å².